The van der Waals surface area contributed by atoms with E-state index in [1.54, 1.807) is 70.7 Å². The Morgan fingerprint density at radius 3 is 2.09 bits per heavy atom. The zero-order valence-corrected chi connectivity index (χ0v) is 29.4. The van der Waals surface area contributed by atoms with Crippen LogP contribution in [0.2, 0.25) is 0 Å². The average molecular weight is 659 g/mol. The van der Waals surface area contributed by atoms with Crippen LogP contribution in [0.3, 0.4) is 0 Å². The molecule has 1 aliphatic rings. The second-order valence-corrected chi connectivity index (χ2v) is 14.8. The molecule has 2 heterocycles. The number of anilines is 1. The predicted octanol–water partition coefficient (Wildman–Crippen LogP) is 6.79. The van der Waals surface area contributed by atoms with Crippen molar-refractivity contribution in [2.75, 3.05) is 31.1 Å². The second kappa shape index (κ2) is 15.4. The first kappa shape index (κ1) is 37.7. The van der Waals surface area contributed by atoms with Crippen molar-refractivity contribution in [1.82, 2.24) is 15.2 Å². The van der Waals surface area contributed by atoms with Crippen molar-refractivity contribution in [2.24, 2.45) is 5.92 Å². The van der Waals surface area contributed by atoms with E-state index in [1.165, 1.54) is 6.07 Å². The summed E-state index contributed by atoms with van der Waals surface area (Å²) in [6.45, 7) is 19.3. The molecule has 0 aliphatic carbocycles. The molecule has 2 aromatic rings. The van der Waals surface area contributed by atoms with Gasteiger partial charge in [0.15, 0.2) is 0 Å². The number of likely N-dealkylation sites (tertiary alicyclic amines) is 1. The van der Waals surface area contributed by atoms with E-state index in [-0.39, 0.29) is 23.7 Å². The Morgan fingerprint density at radius 2 is 1.51 bits per heavy atom. The minimum atomic E-state index is -0.906. The van der Waals surface area contributed by atoms with Crippen LogP contribution >= 0.6 is 0 Å². The molecule has 3 amide bonds. The highest BCUT2D eigenvalue weighted by molar-refractivity contribution is 6.08. The first-order valence-electron chi connectivity index (χ1n) is 16.0. The van der Waals surface area contributed by atoms with Gasteiger partial charge in [0.25, 0.3) is 0 Å². The number of aromatic nitrogens is 1. The van der Waals surface area contributed by atoms with Crippen molar-refractivity contribution in [1.29, 1.82) is 0 Å². The average Bonchev–Trinajstić information content (AvgIpc) is 3.28. The number of hydrogen-bond acceptors (Lipinski definition) is 9. The second-order valence-electron chi connectivity index (χ2n) is 14.8. The van der Waals surface area contributed by atoms with E-state index in [4.69, 9.17) is 23.9 Å². The van der Waals surface area contributed by atoms with Crippen LogP contribution in [-0.4, -0.2) is 77.3 Å². The summed E-state index contributed by atoms with van der Waals surface area (Å²) in [4.78, 5) is 46.7. The lowest BCUT2D eigenvalue weighted by Crippen LogP contribution is -2.44. The molecule has 0 unspecified atom stereocenters. The highest BCUT2D eigenvalue weighted by Gasteiger charge is 2.39. The Kier molecular flexibility index (Phi) is 12.4. The molecule has 1 N–H and O–H groups in total. The lowest BCUT2D eigenvalue weighted by atomic mass is 9.98. The first-order chi connectivity index (χ1) is 21.7. The molecule has 0 bridgehead atoms. The number of carbonyl (C=O) groups excluding carboxylic acids is 3. The van der Waals surface area contributed by atoms with Crippen molar-refractivity contribution in [3.8, 4) is 0 Å². The number of nitrogens with zero attached hydrogens (tertiary/aromatic N) is 3. The van der Waals surface area contributed by atoms with Crippen molar-refractivity contribution in [3.63, 3.8) is 0 Å². The van der Waals surface area contributed by atoms with Crippen molar-refractivity contribution in [3.05, 3.63) is 59.0 Å². The minimum absolute atomic E-state index is 0.0697. The summed E-state index contributed by atoms with van der Waals surface area (Å²) in [5, 5.41) is 3.20. The fraction of sp³-hybridized carbons (Fsp3) is 0.600. The Morgan fingerprint density at radius 1 is 0.915 bits per heavy atom. The van der Waals surface area contributed by atoms with E-state index in [0.29, 0.717) is 50.5 Å². The Labute approximate surface area is 278 Å². The summed E-state index contributed by atoms with van der Waals surface area (Å²) >= 11 is 0. The highest BCUT2D eigenvalue weighted by Crippen LogP contribution is 2.28. The van der Waals surface area contributed by atoms with Gasteiger partial charge in [-0.25, -0.2) is 23.8 Å². The fourth-order valence-electron chi connectivity index (χ4n) is 4.93. The summed E-state index contributed by atoms with van der Waals surface area (Å²) < 4.78 is 37.0. The van der Waals surface area contributed by atoms with Crippen molar-refractivity contribution < 1.29 is 37.7 Å². The van der Waals surface area contributed by atoms with Crippen LogP contribution in [0.25, 0.3) is 0 Å². The molecule has 12 heteroatoms. The van der Waals surface area contributed by atoms with Crippen LogP contribution in [0.15, 0.2) is 36.4 Å². The third-order valence-corrected chi connectivity index (χ3v) is 6.78. The van der Waals surface area contributed by atoms with Crippen molar-refractivity contribution >= 4 is 24.1 Å². The molecule has 2 atom stereocenters. The third kappa shape index (κ3) is 12.4. The quantitative estimate of drug-likeness (QED) is 0.229. The summed E-state index contributed by atoms with van der Waals surface area (Å²) in [6, 6.07) is 10.1. The lowest BCUT2D eigenvalue weighted by Gasteiger charge is -2.28. The molecule has 1 fully saturated rings. The molecule has 11 nitrogen and oxygen atoms in total. The van der Waals surface area contributed by atoms with Gasteiger partial charge in [0.2, 0.25) is 0 Å². The Hall–Kier alpha value is -3.77. The minimum Gasteiger partial charge on any atom is -0.444 e. The third-order valence-electron chi connectivity index (χ3n) is 6.78. The number of hydrogen-bond donors (Lipinski definition) is 1. The molecule has 47 heavy (non-hydrogen) atoms. The molecular weight excluding hydrogens is 607 g/mol. The maximum atomic E-state index is 14.0. The van der Waals surface area contributed by atoms with E-state index in [1.807, 2.05) is 33.8 Å². The standard InChI is InChI=1S/C35H51FN4O7/c1-23-17-26(38-29(18-23)40(31(42)46-34(5,6)7)32(43)47-35(8,9)10)19-25-21-39(30(41)45-33(2,3)4)22-28(25)44-16-15-37-20-24-13-11-12-14-27(24)36/h11-14,17-18,25,28,37H,15-16,19-22H2,1-10H3/t25-,28+/m0/s1. The van der Waals surface area contributed by atoms with Gasteiger partial charge in [-0.15, -0.1) is 0 Å². The van der Waals surface area contributed by atoms with Gasteiger partial charge in [-0.1, -0.05) is 18.2 Å². The van der Waals surface area contributed by atoms with Gasteiger partial charge in [0, 0.05) is 36.8 Å². The zero-order chi connectivity index (χ0) is 35.2. The monoisotopic (exact) mass is 658 g/mol. The van der Waals surface area contributed by atoms with Gasteiger partial charge in [-0.05, 0) is 99.4 Å². The number of halogens is 1. The van der Waals surface area contributed by atoms with Gasteiger partial charge in [-0.3, -0.25) is 0 Å². The van der Waals surface area contributed by atoms with Crippen LogP contribution in [0.5, 0.6) is 0 Å². The molecule has 1 aromatic carbocycles. The fourth-order valence-corrected chi connectivity index (χ4v) is 4.93. The topological polar surface area (TPSA) is 120 Å². The molecule has 0 spiro atoms. The van der Waals surface area contributed by atoms with E-state index < -0.39 is 35.1 Å². The molecule has 260 valence electrons. The number of imide groups is 1. The molecule has 3 rings (SSSR count). The predicted molar refractivity (Wildman–Crippen MR) is 177 cm³/mol. The van der Waals surface area contributed by atoms with Crippen molar-refractivity contribution in [2.45, 2.75) is 105 Å². The number of pyridine rings is 1. The smallest absolute Gasteiger partial charge is 0.425 e. The number of rotatable bonds is 9. The SMILES string of the molecule is Cc1cc(C[C@H]2CN(C(=O)OC(C)(C)C)C[C@H]2OCCNCc2ccccc2F)nc(N(C(=O)OC(C)(C)C)C(=O)OC(C)(C)C)c1. The summed E-state index contributed by atoms with van der Waals surface area (Å²) in [6.07, 6.45) is -2.21. The normalized spacial score (nSPS) is 17.0. The van der Waals surface area contributed by atoms with E-state index in [2.05, 4.69) is 5.32 Å². The highest BCUT2D eigenvalue weighted by atomic mass is 19.1. The number of nitrogens with one attached hydrogen (secondary N) is 1. The van der Waals surface area contributed by atoms with Gasteiger partial charge in [0.05, 0.1) is 19.3 Å². The maximum Gasteiger partial charge on any atom is 0.425 e. The van der Waals surface area contributed by atoms with Crippen LogP contribution in [0.1, 0.15) is 79.1 Å². The largest absolute Gasteiger partial charge is 0.444 e. The number of aryl methyl sites for hydroxylation is 1. The van der Waals surface area contributed by atoms with E-state index >= 15 is 0 Å². The van der Waals surface area contributed by atoms with E-state index in [9.17, 15) is 18.8 Å². The maximum absolute atomic E-state index is 14.0. The molecule has 0 radical (unpaired) electrons. The van der Waals surface area contributed by atoms with Gasteiger partial charge in [0.1, 0.15) is 28.4 Å². The number of carbonyl (C=O) groups is 3. The molecule has 0 saturated carbocycles. The molecule has 1 saturated heterocycles. The van der Waals surface area contributed by atoms with Gasteiger partial charge >= 0.3 is 18.3 Å². The van der Waals surface area contributed by atoms with Gasteiger partial charge in [-0.2, -0.15) is 4.90 Å². The van der Waals surface area contributed by atoms with Crippen LogP contribution in [0.4, 0.5) is 24.6 Å². The zero-order valence-electron chi connectivity index (χ0n) is 29.4. The molecule has 1 aromatic heterocycles. The van der Waals surface area contributed by atoms with Crippen LogP contribution in [0, 0.1) is 18.7 Å². The summed E-state index contributed by atoms with van der Waals surface area (Å²) in [7, 11) is 0. The molecule has 1 aliphatic heterocycles. The summed E-state index contributed by atoms with van der Waals surface area (Å²) in [5.74, 6) is -0.375. The first-order valence-corrected chi connectivity index (χ1v) is 16.0. The summed E-state index contributed by atoms with van der Waals surface area (Å²) in [5.41, 5.74) is -0.475. The van der Waals surface area contributed by atoms with Crippen LogP contribution in [-0.2, 0) is 31.9 Å². The lowest BCUT2D eigenvalue weighted by molar-refractivity contribution is 0.0185. The number of ether oxygens (including phenoxy) is 4. The van der Waals surface area contributed by atoms with Gasteiger partial charge < -0.3 is 29.2 Å². The van der Waals surface area contributed by atoms with Crippen LogP contribution < -0.4 is 10.2 Å². The molecular formula is C35H51FN4O7. The van der Waals surface area contributed by atoms with E-state index in [0.717, 1.165) is 10.5 Å². The number of amides is 3. The Bertz CT molecular complexity index is 1370. The number of benzene rings is 1. The Balaban J connectivity index is 1.82.